The summed E-state index contributed by atoms with van der Waals surface area (Å²) in [6, 6.07) is 16.1. The van der Waals surface area contributed by atoms with Crippen LogP contribution in [0.3, 0.4) is 0 Å². The van der Waals surface area contributed by atoms with Crippen molar-refractivity contribution in [3.05, 3.63) is 76.7 Å². The molecule has 2 unspecified atom stereocenters. The number of H-pyrrole nitrogens is 1. The second-order valence-corrected chi connectivity index (χ2v) is 10.6. The summed E-state index contributed by atoms with van der Waals surface area (Å²) < 4.78 is 47.6. The van der Waals surface area contributed by atoms with E-state index in [1.165, 1.54) is 40.6 Å². The number of hydrogen-bond donors (Lipinski definition) is 1. The van der Waals surface area contributed by atoms with Gasteiger partial charge in [-0.3, -0.25) is 4.90 Å². The number of amides is 1. The average Bonchev–Trinajstić information content (AvgIpc) is 3.34. The van der Waals surface area contributed by atoms with Gasteiger partial charge in [0.15, 0.2) is 0 Å². The van der Waals surface area contributed by atoms with Crippen LogP contribution in [0.5, 0.6) is 11.6 Å². The summed E-state index contributed by atoms with van der Waals surface area (Å²) in [5, 5.41) is 2.82. The molecule has 2 aliphatic rings. The van der Waals surface area contributed by atoms with E-state index in [0.717, 1.165) is 25.2 Å². The lowest BCUT2D eigenvalue weighted by Gasteiger charge is -2.24. The quantitative estimate of drug-likeness (QED) is 0.300. The van der Waals surface area contributed by atoms with Gasteiger partial charge in [0.05, 0.1) is 10.9 Å². The van der Waals surface area contributed by atoms with Gasteiger partial charge in [-0.1, -0.05) is 30.3 Å². The van der Waals surface area contributed by atoms with E-state index in [4.69, 9.17) is 4.74 Å². The number of carbonyl (C=O) groups is 1. The number of fused-ring (bicyclic) bond motifs is 2. The number of aromatic amines is 1. The van der Waals surface area contributed by atoms with Crippen molar-refractivity contribution in [3.63, 3.8) is 0 Å². The van der Waals surface area contributed by atoms with Gasteiger partial charge >= 0.3 is 12.5 Å². The number of benzene rings is 2. The lowest BCUT2D eigenvalue weighted by atomic mass is 10.2. The minimum Gasteiger partial charge on any atom is -0.406 e. The van der Waals surface area contributed by atoms with E-state index >= 15 is 0 Å². The predicted octanol–water partition coefficient (Wildman–Crippen LogP) is 5.90. The highest BCUT2D eigenvalue weighted by atomic mass is 32.1. The van der Waals surface area contributed by atoms with E-state index in [9.17, 15) is 18.0 Å². The van der Waals surface area contributed by atoms with Crippen LogP contribution < -0.4 is 9.47 Å². The molecule has 6 rings (SSSR count). The molecule has 2 aromatic heterocycles. The summed E-state index contributed by atoms with van der Waals surface area (Å²) in [6.07, 6.45) is -5.36. The standard InChI is InChI=1S/C27H25F3N4O3S/c28-27(29,30)37-20-6-3-4-17(8-20)10-34(26(35)36-25-15-38-16-31-25)14-23-21-12-33(13-22(21)23)11-19-9-18-5-1-2-7-24(18)32-19/h1-9,15-16,21-23,32H,10-14H2. The van der Waals surface area contributed by atoms with Crippen LogP contribution in [0.4, 0.5) is 18.0 Å². The number of aromatic nitrogens is 2. The van der Waals surface area contributed by atoms with Crippen LogP contribution in [0, 0.1) is 17.8 Å². The fourth-order valence-electron chi connectivity index (χ4n) is 5.52. The Morgan fingerprint density at radius 3 is 2.68 bits per heavy atom. The number of nitrogens with zero attached hydrogens (tertiary/aromatic N) is 3. The number of nitrogens with one attached hydrogen (secondary N) is 1. The first-order valence-electron chi connectivity index (χ1n) is 12.3. The summed E-state index contributed by atoms with van der Waals surface area (Å²) in [4.78, 5) is 24.5. The number of piperidine rings is 1. The maximum absolute atomic E-state index is 13.0. The zero-order valence-corrected chi connectivity index (χ0v) is 21.0. The Balaban J connectivity index is 1.10. The second kappa shape index (κ2) is 9.95. The summed E-state index contributed by atoms with van der Waals surface area (Å²) in [5.74, 6) is 1.13. The van der Waals surface area contributed by atoms with Crippen molar-refractivity contribution in [2.75, 3.05) is 19.6 Å². The average molecular weight is 543 g/mol. The van der Waals surface area contributed by atoms with Gasteiger partial charge in [0.1, 0.15) is 5.75 Å². The Morgan fingerprint density at radius 2 is 1.95 bits per heavy atom. The Kier molecular flexibility index (Phi) is 6.48. The Morgan fingerprint density at radius 1 is 1.13 bits per heavy atom. The second-order valence-electron chi connectivity index (χ2n) is 9.84. The minimum atomic E-state index is -4.79. The van der Waals surface area contributed by atoms with E-state index in [1.54, 1.807) is 21.9 Å². The van der Waals surface area contributed by atoms with Gasteiger partial charge in [-0.2, -0.15) is 0 Å². The third kappa shape index (κ3) is 5.63. The fraction of sp³-hybridized carbons (Fsp3) is 0.333. The van der Waals surface area contributed by atoms with Crippen LogP contribution in [0.15, 0.2) is 65.5 Å². The van der Waals surface area contributed by atoms with Gasteiger partial charge in [-0.05, 0) is 53.0 Å². The third-order valence-electron chi connectivity index (χ3n) is 7.22. The molecule has 1 N–H and O–H groups in total. The number of carbonyl (C=O) groups excluding carboxylic acids is 1. The number of likely N-dealkylation sites (tertiary alicyclic amines) is 1. The molecule has 1 aliphatic carbocycles. The smallest absolute Gasteiger partial charge is 0.406 e. The highest BCUT2D eigenvalue weighted by Crippen LogP contribution is 2.52. The van der Waals surface area contributed by atoms with Crippen molar-refractivity contribution in [2.45, 2.75) is 19.5 Å². The lowest BCUT2D eigenvalue weighted by Crippen LogP contribution is -2.36. The normalized spacial score (nSPS) is 20.9. The Hall–Kier alpha value is -3.57. The number of ether oxygens (including phenoxy) is 2. The molecule has 1 saturated heterocycles. The number of rotatable bonds is 8. The van der Waals surface area contributed by atoms with Crippen molar-refractivity contribution in [3.8, 4) is 11.6 Å². The molecule has 0 bridgehead atoms. The molecule has 4 aromatic rings. The van der Waals surface area contributed by atoms with Crippen LogP contribution in [0.2, 0.25) is 0 Å². The number of alkyl halides is 3. The van der Waals surface area contributed by atoms with Crippen molar-refractivity contribution in [1.29, 1.82) is 0 Å². The highest BCUT2D eigenvalue weighted by Gasteiger charge is 2.56. The SMILES string of the molecule is O=C(Oc1cscn1)N(Cc1cccc(OC(F)(F)F)c1)CC1C2CN(Cc3cc4ccccc4[nH]3)CC21. The topological polar surface area (TPSA) is 70.7 Å². The van der Waals surface area contributed by atoms with Gasteiger partial charge in [0.2, 0.25) is 5.88 Å². The lowest BCUT2D eigenvalue weighted by molar-refractivity contribution is -0.274. The van der Waals surface area contributed by atoms with Gasteiger partial charge < -0.3 is 19.4 Å². The number of hydrogen-bond acceptors (Lipinski definition) is 6. The van der Waals surface area contributed by atoms with Gasteiger partial charge in [-0.25, -0.2) is 9.78 Å². The first-order chi connectivity index (χ1) is 18.3. The van der Waals surface area contributed by atoms with Crippen molar-refractivity contribution in [2.24, 2.45) is 17.8 Å². The van der Waals surface area contributed by atoms with Crippen LogP contribution in [-0.4, -0.2) is 51.9 Å². The minimum absolute atomic E-state index is 0.104. The van der Waals surface area contributed by atoms with Crippen molar-refractivity contribution < 1.29 is 27.4 Å². The molecule has 2 atom stereocenters. The van der Waals surface area contributed by atoms with E-state index in [1.807, 2.05) is 12.1 Å². The largest absolute Gasteiger partial charge is 0.573 e. The zero-order chi connectivity index (χ0) is 26.3. The van der Waals surface area contributed by atoms with Gasteiger partial charge in [0.25, 0.3) is 0 Å². The number of halogens is 3. The van der Waals surface area contributed by atoms with Crippen LogP contribution in [-0.2, 0) is 13.1 Å². The number of para-hydroxylation sites is 1. The Labute approximate surface area is 220 Å². The molecule has 1 aliphatic heterocycles. The van der Waals surface area contributed by atoms with Crippen molar-refractivity contribution in [1.82, 2.24) is 19.8 Å². The van der Waals surface area contributed by atoms with Gasteiger partial charge in [0, 0.05) is 43.9 Å². The zero-order valence-electron chi connectivity index (χ0n) is 20.2. The molecule has 11 heteroatoms. The molecule has 198 valence electrons. The first kappa shape index (κ1) is 24.7. The summed E-state index contributed by atoms with van der Waals surface area (Å²) >= 11 is 1.31. The fourth-order valence-corrected chi connectivity index (χ4v) is 5.97. The molecule has 0 spiro atoms. The maximum atomic E-state index is 13.0. The predicted molar refractivity (Wildman–Crippen MR) is 136 cm³/mol. The highest BCUT2D eigenvalue weighted by molar-refractivity contribution is 7.07. The molecule has 2 fully saturated rings. The monoisotopic (exact) mass is 542 g/mol. The van der Waals surface area contributed by atoms with E-state index in [0.29, 0.717) is 29.9 Å². The van der Waals surface area contributed by atoms with Crippen LogP contribution in [0.25, 0.3) is 10.9 Å². The molecule has 2 aromatic carbocycles. The first-order valence-corrected chi connectivity index (χ1v) is 13.2. The summed E-state index contributed by atoms with van der Waals surface area (Å²) in [5.41, 5.74) is 4.40. The van der Waals surface area contributed by atoms with Crippen molar-refractivity contribution >= 4 is 28.3 Å². The van der Waals surface area contributed by atoms with E-state index in [2.05, 4.69) is 37.8 Å². The molecule has 7 nitrogen and oxygen atoms in total. The Bertz CT molecular complexity index is 1380. The molecule has 1 amide bonds. The maximum Gasteiger partial charge on any atom is 0.573 e. The molecule has 0 radical (unpaired) electrons. The van der Waals surface area contributed by atoms with E-state index < -0.39 is 12.5 Å². The molecule has 38 heavy (non-hydrogen) atoms. The molecule has 1 saturated carbocycles. The molecular formula is C27H25F3N4O3S. The number of thiazole rings is 1. The van der Waals surface area contributed by atoms with Crippen LogP contribution >= 0.6 is 11.3 Å². The molecule has 3 heterocycles. The molecular weight excluding hydrogens is 517 g/mol. The van der Waals surface area contributed by atoms with Gasteiger partial charge in [-0.15, -0.1) is 24.5 Å². The summed E-state index contributed by atoms with van der Waals surface area (Å²) in [7, 11) is 0. The third-order valence-corrected chi connectivity index (χ3v) is 7.79. The van der Waals surface area contributed by atoms with Crippen LogP contribution in [0.1, 0.15) is 11.3 Å². The van der Waals surface area contributed by atoms with E-state index in [-0.39, 0.29) is 18.2 Å². The summed E-state index contributed by atoms with van der Waals surface area (Å²) in [6.45, 7) is 3.29.